The highest BCUT2D eigenvalue weighted by Gasteiger charge is 2.23. The van der Waals surface area contributed by atoms with E-state index in [0.717, 1.165) is 29.0 Å². The van der Waals surface area contributed by atoms with E-state index in [2.05, 4.69) is 22.4 Å². The molecule has 7 heteroatoms. The van der Waals surface area contributed by atoms with Crippen LogP contribution in [0.5, 0.6) is 0 Å². The average Bonchev–Trinajstić information content (AvgIpc) is 3.13. The van der Waals surface area contributed by atoms with Crippen LogP contribution >= 0.6 is 23.1 Å². The number of hydrogen-bond donors (Lipinski definition) is 1. The van der Waals surface area contributed by atoms with E-state index in [4.69, 9.17) is 0 Å². The SMILES string of the molecule is CC1CCCN(C(=O)CSc2nnc(NC3CC3)s2)C1. The topological polar surface area (TPSA) is 58.1 Å². The largest absolute Gasteiger partial charge is 0.357 e. The van der Waals surface area contributed by atoms with Gasteiger partial charge in [-0.1, -0.05) is 30.0 Å². The zero-order chi connectivity index (χ0) is 13.9. The molecular weight excluding hydrogens is 292 g/mol. The lowest BCUT2D eigenvalue weighted by molar-refractivity contribution is -0.130. The van der Waals surface area contributed by atoms with E-state index in [1.807, 2.05) is 4.90 Å². The van der Waals surface area contributed by atoms with Crippen molar-refractivity contribution in [2.24, 2.45) is 5.92 Å². The molecule has 1 aromatic rings. The van der Waals surface area contributed by atoms with Crippen molar-refractivity contribution in [1.82, 2.24) is 15.1 Å². The van der Waals surface area contributed by atoms with Crippen LogP contribution in [-0.2, 0) is 4.79 Å². The van der Waals surface area contributed by atoms with Gasteiger partial charge in [-0.05, 0) is 31.6 Å². The second kappa shape index (κ2) is 6.30. The summed E-state index contributed by atoms with van der Waals surface area (Å²) < 4.78 is 0.881. The Balaban J connectivity index is 1.45. The van der Waals surface area contributed by atoms with Crippen LogP contribution < -0.4 is 5.32 Å². The van der Waals surface area contributed by atoms with E-state index in [9.17, 15) is 4.79 Å². The van der Waals surface area contributed by atoms with Crippen LogP contribution in [0.2, 0.25) is 0 Å². The first-order chi connectivity index (χ1) is 9.70. The Morgan fingerprint density at radius 3 is 3.05 bits per heavy atom. The molecule has 0 bridgehead atoms. The smallest absolute Gasteiger partial charge is 0.233 e. The first-order valence-corrected chi connectivity index (χ1v) is 9.01. The minimum absolute atomic E-state index is 0.230. The van der Waals surface area contributed by atoms with Crippen LogP contribution in [0.1, 0.15) is 32.6 Å². The maximum atomic E-state index is 12.2. The highest BCUT2D eigenvalue weighted by atomic mass is 32.2. The second-order valence-corrected chi connectivity index (χ2v) is 7.87. The number of carbonyl (C=O) groups is 1. The zero-order valence-corrected chi connectivity index (χ0v) is 13.3. The first kappa shape index (κ1) is 14.1. The lowest BCUT2D eigenvalue weighted by Gasteiger charge is -2.30. The van der Waals surface area contributed by atoms with Crippen molar-refractivity contribution in [3.05, 3.63) is 0 Å². The molecule has 1 aliphatic heterocycles. The van der Waals surface area contributed by atoms with Crippen molar-refractivity contribution < 1.29 is 4.79 Å². The van der Waals surface area contributed by atoms with Crippen LogP contribution in [0.15, 0.2) is 4.34 Å². The number of rotatable bonds is 5. The fraction of sp³-hybridized carbons (Fsp3) is 0.769. The van der Waals surface area contributed by atoms with E-state index < -0.39 is 0 Å². The zero-order valence-electron chi connectivity index (χ0n) is 11.7. The number of nitrogens with one attached hydrogen (secondary N) is 1. The number of piperidine rings is 1. The molecule has 1 aliphatic carbocycles. The summed E-state index contributed by atoms with van der Waals surface area (Å²) in [5.41, 5.74) is 0. The summed E-state index contributed by atoms with van der Waals surface area (Å²) in [7, 11) is 0. The van der Waals surface area contributed by atoms with Crippen molar-refractivity contribution >= 4 is 34.1 Å². The predicted molar refractivity (Wildman–Crippen MR) is 82.3 cm³/mol. The summed E-state index contributed by atoms with van der Waals surface area (Å²) in [5, 5.41) is 12.5. The van der Waals surface area contributed by atoms with Gasteiger partial charge >= 0.3 is 0 Å². The van der Waals surface area contributed by atoms with Crippen molar-refractivity contribution in [1.29, 1.82) is 0 Å². The Morgan fingerprint density at radius 2 is 2.30 bits per heavy atom. The highest BCUT2D eigenvalue weighted by molar-refractivity contribution is 8.01. The van der Waals surface area contributed by atoms with Crippen LogP contribution in [0.4, 0.5) is 5.13 Å². The van der Waals surface area contributed by atoms with Gasteiger partial charge in [0.15, 0.2) is 4.34 Å². The first-order valence-electron chi connectivity index (χ1n) is 7.21. The molecule has 1 amide bonds. The second-order valence-electron chi connectivity index (χ2n) is 5.67. The molecule has 1 saturated carbocycles. The van der Waals surface area contributed by atoms with E-state index in [-0.39, 0.29) is 5.91 Å². The summed E-state index contributed by atoms with van der Waals surface area (Å²) in [5.74, 6) is 1.34. The third-order valence-electron chi connectivity index (χ3n) is 3.64. The van der Waals surface area contributed by atoms with Gasteiger partial charge < -0.3 is 10.2 Å². The fourth-order valence-corrected chi connectivity index (χ4v) is 4.09. The molecule has 1 unspecified atom stereocenters. The lowest BCUT2D eigenvalue weighted by atomic mass is 10.0. The average molecular weight is 312 g/mol. The Labute approximate surface area is 127 Å². The fourth-order valence-electron chi connectivity index (χ4n) is 2.36. The van der Waals surface area contributed by atoms with Crippen LogP contribution in [0.3, 0.4) is 0 Å². The van der Waals surface area contributed by atoms with Gasteiger partial charge in [0.1, 0.15) is 0 Å². The summed E-state index contributed by atoms with van der Waals surface area (Å²) >= 11 is 3.05. The Hall–Kier alpha value is -0.820. The standard InChI is InChI=1S/C13H20N4OS2/c1-9-3-2-6-17(7-9)11(18)8-19-13-16-15-12(20-13)14-10-4-5-10/h9-10H,2-8H2,1H3,(H,14,15). The molecule has 2 aliphatic rings. The van der Waals surface area contributed by atoms with Gasteiger partial charge in [0.25, 0.3) is 0 Å². The molecule has 1 N–H and O–H groups in total. The number of aromatic nitrogens is 2. The maximum absolute atomic E-state index is 12.2. The molecule has 1 aromatic heterocycles. The molecule has 1 atom stereocenters. The van der Waals surface area contributed by atoms with Gasteiger partial charge in [-0.25, -0.2) is 0 Å². The molecule has 110 valence electrons. The Bertz CT molecular complexity index is 475. The van der Waals surface area contributed by atoms with Crippen molar-refractivity contribution in [2.45, 2.75) is 43.0 Å². The monoisotopic (exact) mass is 312 g/mol. The van der Waals surface area contributed by atoms with Crippen LogP contribution in [-0.4, -0.2) is 45.9 Å². The van der Waals surface area contributed by atoms with Gasteiger partial charge in [0.05, 0.1) is 5.75 Å². The molecule has 2 heterocycles. The molecule has 3 rings (SSSR count). The van der Waals surface area contributed by atoms with E-state index in [0.29, 0.717) is 17.7 Å². The number of carbonyl (C=O) groups excluding carboxylic acids is 1. The number of thioether (sulfide) groups is 1. The van der Waals surface area contributed by atoms with Crippen molar-refractivity contribution in [3.63, 3.8) is 0 Å². The normalized spacial score (nSPS) is 22.9. The third-order valence-corrected chi connectivity index (χ3v) is 5.61. The Kier molecular flexibility index (Phi) is 4.45. The van der Waals surface area contributed by atoms with Gasteiger partial charge in [-0.3, -0.25) is 4.79 Å². The van der Waals surface area contributed by atoms with Crippen molar-refractivity contribution in [3.8, 4) is 0 Å². The van der Waals surface area contributed by atoms with E-state index >= 15 is 0 Å². The Morgan fingerprint density at radius 1 is 1.45 bits per heavy atom. The molecule has 20 heavy (non-hydrogen) atoms. The summed E-state index contributed by atoms with van der Waals surface area (Å²) in [4.78, 5) is 14.1. The number of anilines is 1. The maximum Gasteiger partial charge on any atom is 0.233 e. The predicted octanol–water partition coefficient (Wildman–Crippen LogP) is 2.46. The van der Waals surface area contributed by atoms with Gasteiger partial charge in [0.2, 0.25) is 11.0 Å². The van der Waals surface area contributed by atoms with Gasteiger partial charge in [-0.2, -0.15) is 0 Å². The molecule has 1 saturated heterocycles. The number of hydrogen-bond acceptors (Lipinski definition) is 6. The molecular formula is C13H20N4OS2. The summed E-state index contributed by atoms with van der Waals surface area (Å²) in [6.45, 7) is 4.03. The quantitative estimate of drug-likeness (QED) is 0.846. The number of nitrogens with zero attached hydrogens (tertiary/aromatic N) is 3. The third kappa shape index (κ3) is 3.85. The number of amides is 1. The molecule has 2 fully saturated rings. The molecule has 5 nitrogen and oxygen atoms in total. The highest BCUT2D eigenvalue weighted by Crippen LogP contribution is 2.30. The summed E-state index contributed by atoms with van der Waals surface area (Å²) in [6.07, 6.45) is 4.83. The minimum Gasteiger partial charge on any atom is -0.357 e. The van der Waals surface area contributed by atoms with Gasteiger partial charge in [-0.15, -0.1) is 10.2 Å². The molecule has 0 spiro atoms. The van der Waals surface area contributed by atoms with Crippen LogP contribution in [0, 0.1) is 5.92 Å². The van der Waals surface area contributed by atoms with Gasteiger partial charge in [0, 0.05) is 19.1 Å². The van der Waals surface area contributed by atoms with Crippen molar-refractivity contribution in [2.75, 3.05) is 24.2 Å². The molecule has 0 aromatic carbocycles. The van der Waals surface area contributed by atoms with E-state index in [1.54, 1.807) is 11.3 Å². The van der Waals surface area contributed by atoms with Crippen LogP contribution in [0.25, 0.3) is 0 Å². The lowest BCUT2D eigenvalue weighted by Crippen LogP contribution is -2.40. The minimum atomic E-state index is 0.230. The van der Waals surface area contributed by atoms with E-state index in [1.165, 1.54) is 31.0 Å². The number of likely N-dealkylation sites (tertiary alicyclic amines) is 1. The molecule has 0 radical (unpaired) electrons. The summed E-state index contributed by atoms with van der Waals surface area (Å²) in [6, 6.07) is 0.595.